The molecule has 0 aliphatic heterocycles. The highest BCUT2D eigenvalue weighted by Gasteiger charge is 2.23. The molecule has 9 nitrogen and oxygen atoms in total. The van der Waals surface area contributed by atoms with Crippen LogP contribution in [0.25, 0.3) is 11.7 Å². The molecule has 3 aromatic rings. The van der Waals surface area contributed by atoms with Crippen LogP contribution >= 0.6 is 20.0 Å². The fourth-order valence-electron chi connectivity index (χ4n) is 1.64. The SMILES string of the molecule is O=c1occn1-c1oc(=O)n(SP)c1-n1ccoc1=O. The average molecular weight is 315 g/mol. The van der Waals surface area contributed by atoms with Crippen LogP contribution in [0.5, 0.6) is 0 Å². The molecule has 0 spiro atoms. The van der Waals surface area contributed by atoms with E-state index in [1.807, 2.05) is 0 Å². The van der Waals surface area contributed by atoms with Crippen LogP contribution in [0.15, 0.2) is 52.6 Å². The third-order valence-corrected chi connectivity index (χ3v) is 3.60. The summed E-state index contributed by atoms with van der Waals surface area (Å²) in [7, 11) is 2.24. The molecule has 1 atom stereocenters. The van der Waals surface area contributed by atoms with Crippen molar-refractivity contribution < 1.29 is 13.3 Å². The number of hydrogen-bond acceptors (Lipinski definition) is 7. The second kappa shape index (κ2) is 4.73. The molecule has 0 radical (unpaired) electrons. The summed E-state index contributed by atoms with van der Waals surface area (Å²) in [5.74, 6) is -2.34. The van der Waals surface area contributed by atoms with E-state index in [1.165, 1.54) is 12.4 Å². The lowest BCUT2D eigenvalue weighted by molar-refractivity contribution is 0.457. The first kappa shape index (κ1) is 12.8. The Balaban J connectivity index is 2.41. The van der Waals surface area contributed by atoms with Crippen molar-refractivity contribution >= 4 is 20.0 Å². The van der Waals surface area contributed by atoms with E-state index in [4.69, 9.17) is 4.42 Å². The molecule has 20 heavy (non-hydrogen) atoms. The number of aromatic nitrogens is 3. The molecule has 0 saturated heterocycles. The Morgan fingerprint density at radius 2 is 1.55 bits per heavy atom. The predicted octanol–water partition coefficient (Wildman–Crippen LogP) is 0.215. The van der Waals surface area contributed by atoms with Crippen molar-refractivity contribution in [1.82, 2.24) is 13.1 Å². The maximum absolute atomic E-state index is 11.8. The zero-order chi connectivity index (χ0) is 14.3. The van der Waals surface area contributed by atoms with Crippen molar-refractivity contribution in [2.24, 2.45) is 0 Å². The summed E-state index contributed by atoms with van der Waals surface area (Å²) < 4.78 is 17.4. The average Bonchev–Trinajstić information content (AvgIpc) is 3.08. The lowest BCUT2D eigenvalue weighted by Gasteiger charge is -2.03. The van der Waals surface area contributed by atoms with E-state index in [2.05, 4.69) is 17.3 Å². The molecule has 0 bridgehead atoms. The fraction of sp³-hybridized carbons (Fsp3) is 0. The van der Waals surface area contributed by atoms with Crippen molar-refractivity contribution in [3.63, 3.8) is 0 Å². The number of oxazole rings is 3. The highest BCUT2D eigenvalue weighted by atomic mass is 32.7. The van der Waals surface area contributed by atoms with Gasteiger partial charge in [-0.2, -0.15) is 3.97 Å². The van der Waals surface area contributed by atoms with E-state index in [0.29, 0.717) is 0 Å². The maximum atomic E-state index is 11.8. The van der Waals surface area contributed by atoms with E-state index in [9.17, 15) is 14.4 Å². The topological polar surface area (TPSA) is 105 Å². The van der Waals surface area contributed by atoms with Crippen LogP contribution < -0.4 is 17.3 Å². The van der Waals surface area contributed by atoms with Crippen molar-refractivity contribution in [2.75, 3.05) is 0 Å². The minimum atomic E-state index is -0.754. The van der Waals surface area contributed by atoms with Crippen LogP contribution in [0.4, 0.5) is 0 Å². The Hall–Kier alpha value is -2.19. The van der Waals surface area contributed by atoms with Crippen LogP contribution in [0, 0.1) is 0 Å². The monoisotopic (exact) mass is 315 g/mol. The quantitative estimate of drug-likeness (QED) is 0.636. The molecular formula is C9H6N3O6PS. The van der Waals surface area contributed by atoms with Gasteiger partial charge >= 0.3 is 17.3 Å². The highest BCUT2D eigenvalue weighted by molar-refractivity contribution is 8.42. The third-order valence-electron chi connectivity index (χ3n) is 2.44. The Bertz CT molecular complexity index is 924. The van der Waals surface area contributed by atoms with Gasteiger partial charge in [0.1, 0.15) is 12.5 Å². The first-order valence-electron chi connectivity index (χ1n) is 5.09. The van der Waals surface area contributed by atoms with Crippen LogP contribution in [0.1, 0.15) is 0 Å². The molecule has 0 saturated carbocycles. The zero-order valence-corrected chi connectivity index (χ0v) is 11.6. The molecule has 104 valence electrons. The van der Waals surface area contributed by atoms with E-state index in [-0.39, 0.29) is 11.7 Å². The van der Waals surface area contributed by atoms with Crippen molar-refractivity contribution in [3.8, 4) is 11.7 Å². The second-order valence-electron chi connectivity index (χ2n) is 3.47. The maximum Gasteiger partial charge on any atom is 0.433 e. The molecule has 1 unspecified atom stereocenters. The Kier molecular flexibility index (Phi) is 3.03. The number of rotatable bonds is 3. The van der Waals surface area contributed by atoms with Gasteiger partial charge in [-0.3, -0.25) is 0 Å². The summed E-state index contributed by atoms with van der Waals surface area (Å²) >= 11 is 0.933. The van der Waals surface area contributed by atoms with Gasteiger partial charge < -0.3 is 13.3 Å². The Morgan fingerprint density at radius 3 is 2.05 bits per heavy atom. The second-order valence-corrected chi connectivity index (χ2v) is 4.68. The molecule has 0 aliphatic carbocycles. The van der Waals surface area contributed by atoms with Gasteiger partial charge in [0.2, 0.25) is 5.82 Å². The van der Waals surface area contributed by atoms with Gasteiger partial charge in [-0.1, -0.05) is 8.44 Å². The summed E-state index contributed by atoms with van der Waals surface area (Å²) in [5.41, 5.74) is 0. The first-order chi connectivity index (χ1) is 9.63. The normalized spacial score (nSPS) is 11.1. The van der Waals surface area contributed by atoms with Gasteiger partial charge in [0.15, 0.2) is 0 Å². The first-order valence-corrected chi connectivity index (χ1v) is 7.34. The third kappa shape index (κ3) is 1.81. The molecule has 3 aromatic heterocycles. The summed E-state index contributed by atoms with van der Waals surface area (Å²) in [4.78, 5) is 34.9. The van der Waals surface area contributed by atoms with E-state index in [1.54, 1.807) is 0 Å². The van der Waals surface area contributed by atoms with Gasteiger partial charge in [0.05, 0.1) is 12.4 Å². The number of nitrogens with zero attached hydrogens (tertiary/aromatic N) is 3. The van der Waals surface area contributed by atoms with Crippen LogP contribution in [-0.2, 0) is 0 Å². The van der Waals surface area contributed by atoms with Gasteiger partial charge in [-0.25, -0.2) is 23.5 Å². The van der Waals surface area contributed by atoms with Gasteiger partial charge in [-0.15, -0.1) is 0 Å². The van der Waals surface area contributed by atoms with E-state index >= 15 is 0 Å². The zero-order valence-electron chi connectivity index (χ0n) is 9.59. The standard InChI is InChI=1S/C9H6N3O6PS/c13-7-10(1-3-16-7)5-6(11-2-4-17-8(11)14)18-9(15)12(5)20-19/h1-4H,19H2. The van der Waals surface area contributed by atoms with Crippen molar-refractivity contribution in [3.05, 3.63) is 56.6 Å². The molecule has 0 fully saturated rings. The summed E-state index contributed by atoms with van der Waals surface area (Å²) in [5, 5.41) is 0. The summed E-state index contributed by atoms with van der Waals surface area (Å²) in [6, 6.07) is 0. The lowest BCUT2D eigenvalue weighted by atomic mass is 10.6. The predicted molar refractivity (Wildman–Crippen MR) is 71.4 cm³/mol. The van der Waals surface area contributed by atoms with Crippen molar-refractivity contribution in [1.29, 1.82) is 0 Å². The molecule has 0 aliphatic rings. The smallest absolute Gasteiger partial charge is 0.416 e. The van der Waals surface area contributed by atoms with Crippen LogP contribution in [-0.4, -0.2) is 13.1 Å². The van der Waals surface area contributed by atoms with Crippen molar-refractivity contribution in [2.45, 2.75) is 0 Å². The molecule has 0 N–H and O–H groups in total. The molecule has 3 heterocycles. The van der Waals surface area contributed by atoms with Crippen LogP contribution in [0.2, 0.25) is 0 Å². The summed E-state index contributed by atoms with van der Waals surface area (Å²) in [6.45, 7) is 0. The van der Waals surface area contributed by atoms with E-state index in [0.717, 1.165) is 37.2 Å². The minimum Gasteiger partial charge on any atom is -0.416 e. The van der Waals surface area contributed by atoms with E-state index < -0.39 is 17.3 Å². The fourth-order valence-corrected chi connectivity index (χ4v) is 2.58. The highest BCUT2D eigenvalue weighted by Crippen LogP contribution is 2.23. The molecule has 0 amide bonds. The number of hydrogen-bond donors (Lipinski definition) is 0. The molecule has 11 heteroatoms. The van der Waals surface area contributed by atoms with Gasteiger partial charge in [-0.05, 0) is 11.6 Å². The Morgan fingerprint density at radius 1 is 0.950 bits per heavy atom. The van der Waals surface area contributed by atoms with Gasteiger partial charge in [0.25, 0.3) is 5.88 Å². The molecular weight excluding hydrogens is 309 g/mol. The largest absolute Gasteiger partial charge is 0.433 e. The Labute approximate surface area is 115 Å². The van der Waals surface area contributed by atoms with Gasteiger partial charge in [0, 0.05) is 0 Å². The summed E-state index contributed by atoms with van der Waals surface area (Å²) in [6.07, 6.45) is 4.86. The minimum absolute atomic E-state index is 0.0391. The van der Waals surface area contributed by atoms with Crippen LogP contribution in [0.3, 0.4) is 0 Å². The lowest BCUT2D eigenvalue weighted by Crippen LogP contribution is -2.19. The molecule has 3 rings (SSSR count). The molecule has 0 aromatic carbocycles.